The molecule has 0 aromatic heterocycles. The summed E-state index contributed by atoms with van der Waals surface area (Å²) in [6, 6.07) is 0. The second-order valence-corrected chi connectivity index (χ2v) is 3.10. The summed E-state index contributed by atoms with van der Waals surface area (Å²) in [6.07, 6.45) is 1.92. The van der Waals surface area contributed by atoms with Gasteiger partial charge in [-0.2, -0.15) is 0 Å². The predicted octanol–water partition coefficient (Wildman–Crippen LogP) is 1.71. The summed E-state index contributed by atoms with van der Waals surface area (Å²) in [5.41, 5.74) is 0. The van der Waals surface area contributed by atoms with Crippen molar-refractivity contribution in [3.05, 3.63) is 11.5 Å². The van der Waals surface area contributed by atoms with Crippen molar-refractivity contribution in [1.82, 2.24) is 4.72 Å². The van der Waals surface area contributed by atoms with Crippen LogP contribution in [0.1, 0.15) is 6.92 Å². The highest BCUT2D eigenvalue weighted by Gasteiger charge is 2.18. The van der Waals surface area contributed by atoms with E-state index in [1.165, 1.54) is 11.9 Å². The van der Waals surface area contributed by atoms with Gasteiger partial charge in [-0.25, -0.2) is 4.72 Å². The highest BCUT2D eigenvalue weighted by atomic mass is 35.5. The summed E-state index contributed by atoms with van der Waals surface area (Å²) in [4.78, 5) is -0.301. The van der Waals surface area contributed by atoms with Crippen molar-refractivity contribution in [1.29, 1.82) is 0 Å². The molecule has 0 aromatic rings. The maximum Gasteiger partial charge on any atom is 0.119 e. The van der Waals surface area contributed by atoms with Gasteiger partial charge in [-0.1, -0.05) is 23.5 Å². The molecule has 40 valence electrons. The lowest BCUT2D eigenvalue weighted by Gasteiger charge is -2.09. The van der Waals surface area contributed by atoms with E-state index in [0.29, 0.717) is 0 Å². The van der Waals surface area contributed by atoms with Crippen LogP contribution in [0.25, 0.3) is 0 Å². The second-order valence-electron chi connectivity index (χ2n) is 1.60. The van der Waals surface area contributed by atoms with Gasteiger partial charge in [0.25, 0.3) is 0 Å². The fraction of sp³-hybridized carbons (Fsp3) is 0.500. The second kappa shape index (κ2) is 1.69. The Morgan fingerprint density at radius 3 is 2.71 bits per heavy atom. The molecule has 0 saturated carbocycles. The quantitative estimate of drug-likeness (QED) is 0.308. The topological polar surface area (TPSA) is 12.0 Å². The van der Waals surface area contributed by atoms with E-state index in [9.17, 15) is 0 Å². The minimum Gasteiger partial charge on any atom is -0.237 e. The van der Waals surface area contributed by atoms with Crippen molar-refractivity contribution in [2.24, 2.45) is 0 Å². The molecule has 0 saturated heterocycles. The Hall–Kier alpha value is 0.340. The van der Waals surface area contributed by atoms with Crippen LogP contribution in [0.15, 0.2) is 11.5 Å². The molecule has 0 aromatic carbocycles. The van der Waals surface area contributed by atoms with E-state index < -0.39 is 0 Å². The third-order valence-electron chi connectivity index (χ3n) is 0.708. The van der Waals surface area contributed by atoms with Crippen LogP contribution in [-0.2, 0) is 0 Å². The lowest BCUT2D eigenvalue weighted by atomic mass is 10.4. The van der Waals surface area contributed by atoms with Gasteiger partial charge in [-0.15, -0.1) is 0 Å². The Kier molecular flexibility index (Phi) is 1.32. The Balaban J connectivity index is 2.57. The van der Waals surface area contributed by atoms with Crippen molar-refractivity contribution < 1.29 is 0 Å². The molecule has 1 nitrogen and oxygen atoms in total. The molecule has 1 rings (SSSR count). The zero-order valence-electron chi connectivity index (χ0n) is 3.94. The summed E-state index contributed by atoms with van der Waals surface area (Å²) in [5, 5.41) is 1.94. The molecule has 7 heavy (non-hydrogen) atoms. The minimum absolute atomic E-state index is 0.301. The van der Waals surface area contributed by atoms with Gasteiger partial charge in [0.05, 0.1) is 0 Å². The first kappa shape index (κ1) is 5.48. The zero-order valence-corrected chi connectivity index (χ0v) is 5.51. The van der Waals surface area contributed by atoms with Crippen LogP contribution in [0.4, 0.5) is 0 Å². The molecule has 0 fully saturated rings. The Morgan fingerprint density at radius 2 is 2.57 bits per heavy atom. The lowest BCUT2D eigenvalue weighted by Crippen LogP contribution is -2.23. The number of hydrogen-bond donors (Lipinski definition) is 1. The van der Waals surface area contributed by atoms with Crippen molar-refractivity contribution in [2.75, 3.05) is 0 Å². The van der Waals surface area contributed by atoms with Crippen LogP contribution in [0.2, 0.25) is 0 Å². The summed E-state index contributed by atoms with van der Waals surface area (Å²) in [5.74, 6) is 0. The molecule has 1 atom stereocenters. The molecule has 1 aliphatic heterocycles. The summed E-state index contributed by atoms with van der Waals surface area (Å²) in [6.45, 7) is 1.91. The fourth-order valence-corrected chi connectivity index (χ4v) is 1.32. The Bertz CT molecular complexity index is 99.9. The van der Waals surface area contributed by atoms with Crippen LogP contribution in [-0.4, -0.2) is 5.00 Å². The zero-order chi connectivity index (χ0) is 5.33. The standard InChI is InChI=1S/C4H6ClNS/c1-4(5)2-3-7-6-4/h2-3,6H,1H3. The predicted molar refractivity (Wildman–Crippen MR) is 34.1 cm³/mol. The molecule has 0 spiro atoms. The van der Waals surface area contributed by atoms with Crippen molar-refractivity contribution in [3.8, 4) is 0 Å². The Labute approximate surface area is 52.3 Å². The molecule has 3 heteroatoms. The fourth-order valence-electron chi connectivity index (χ4n) is 0.345. The first-order valence-corrected chi connectivity index (χ1v) is 3.26. The van der Waals surface area contributed by atoms with Crippen LogP contribution in [0.3, 0.4) is 0 Å². The largest absolute Gasteiger partial charge is 0.237 e. The number of alkyl halides is 1. The van der Waals surface area contributed by atoms with Crippen LogP contribution in [0, 0.1) is 0 Å². The van der Waals surface area contributed by atoms with Gasteiger partial charge in [-0.3, -0.25) is 0 Å². The smallest absolute Gasteiger partial charge is 0.119 e. The van der Waals surface area contributed by atoms with Gasteiger partial charge < -0.3 is 0 Å². The maximum absolute atomic E-state index is 5.75. The summed E-state index contributed by atoms with van der Waals surface area (Å²) < 4.78 is 2.97. The minimum atomic E-state index is -0.301. The van der Waals surface area contributed by atoms with Gasteiger partial charge in [0, 0.05) is 0 Å². The average Bonchev–Trinajstić information content (AvgIpc) is 1.84. The van der Waals surface area contributed by atoms with E-state index in [2.05, 4.69) is 4.72 Å². The average molecular weight is 136 g/mol. The van der Waals surface area contributed by atoms with E-state index in [1.54, 1.807) is 0 Å². The van der Waals surface area contributed by atoms with Gasteiger partial charge in [-0.05, 0) is 18.4 Å². The van der Waals surface area contributed by atoms with Gasteiger partial charge in [0.15, 0.2) is 0 Å². The number of hydrogen-bond acceptors (Lipinski definition) is 2. The number of halogens is 1. The summed E-state index contributed by atoms with van der Waals surface area (Å²) >= 11 is 7.27. The van der Waals surface area contributed by atoms with E-state index in [-0.39, 0.29) is 5.00 Å². The Morgan fingerprint density at radius 1 is 1.86 bits per heavy atom. The SMILES string of the molecule is CC1(Cl)C=CSN1. The molecule has 1 aliphatic rings. The van der Waals surface area contributed by atoms with E-state index in [0.717, 1.165) is 0 Å². The van der Waals surface area contributed by atoms with Crippen molar-refractivity contribution in [2.45, 2.75) is 11.9 Å². The molecule has 0 bridgehead atoms. The first-order valence-electron chi connectivity index (χ1n) is 2.00. The van der Waals surface area contributed by atoms with E-state index in [1.807, 2.05) is 18.4 Å². The molecule has 0 radical (unpaired) electrons. The van der Waals surface area contributed by atoms with Crippen LogP contribution in [0.5, 0.6) is 0 Å². The molecular weight excluding hydrogens is 130 g/mol. The van der Waals surface area contributed by atoms with Gasteiger partial charge in [0.2, 0.25) is 0 Å². The number of nitrogens with one attached hydrogen (secondary N) is 1. The highest BCUT2D eigenvalue weighted by molar-refractivity contribution is 8.00. The van der Waals surface area contributed by atoms with Crippen molar-refractivity contribution >= 4 is 23.5 Å². The van der Waals surface area contributed by atoms with Crippen LogP contribution < -0.4 is 4.72 Å². The molecule has 1 heterocycles. The van der Waals surface area contributed by atoms with Crippen molar-refractivity contribution in [3.63, 3.8) is 0 Å². The van der Waals surface area contributed by atoms with Gasteiger partial charge in [0.1, 0.15) is 5.00 Å². The third kappa shape index (κ3) is 1.37. The normalized spacial score (nSPS) is 39.7. The first-order chi connectivity index (χ1) is 3.21. The molecule has 1 unspecified atom stereocenters. The highest BCUT2D eigenvalue weighted by Crippen LogP contribution is 2.23. The van der Waals surface area contributed by atoms with Gasteiger partial charge >= 0.3 is 0 Å². The monoisotopic (exact) mass is 135 g/mol. The molecule has 0 aliphatic carbocycles. The third-order valence-corrected chi connectivity index (χ3v) is 1.85. The van der Waals surface area contributed by atoms with E-state index in [4.69, 9.17) is 11.6 Å². The van der Waals surface area contributed by atoms with Crippen LogP contribution >= 0.6 is 23.5 Å². The maximum atomic E-state index is 5.75. The lowest BCUT2D eigenvalue weighted by molar-refractivity contribution is 0.780. The summed E-state index contributed by atoms with van der Waals surface area (Å²) in [7, 11) is 0. The molecule has 1 N–H and O–H groups in total. The molecular formula is C4H6ClNS. The molecule has 0 amide bonds. The number of rotatable bonds is 0. The van der Waals surface area contributed by atoms with E-state index >= 15 is 0 Å².